The molecule has 1 aromatic carbocycles. The normalized spacial score (nSPS) is 22.6. The molecule has 1 aliphatic heterocycles. The SMILES string of the molecule is Cc1cccc(NC(=O)C2=CC(=O)[C@@H]3C=CC=C[C@@H]3O2)c1C. The minimum Gasteiger partial charge on any atom is -0.479 e. The monoisotopic (exact) mass is 295 g/mol. The van der Waals surface area contributed by atoms with Gasteiger partial charge in [-0.2, -0.15) is 0 Å². The highest BCUT2D eigenvalue weighted by atomic mass is 16.5. The maximum atomic E-state index is 12.4. The quantitative estimate of drug-likeness (QED) is 0.912. The van der Waals surface area contributed by atoms with E-state index in [2.05, 4.69) is 5.32 Å². The molecule has 3 rings (SSSR count). The third kappa shape index (κ3) is 2.60. The van der Waals surface area contributed by atoms with E-state index in [0.717, 1.165) is 16.8 Å². The zero-order chi connectivity index (χ0) is 15.7. The Hall–Kier alpha value is -2.62. The van der Waals surface area contributed by atoms with Gasteiger partial charge in [0.2, 0.25) is 0 Å². The first-order valence-corrected chi connectivity index (χ1v) is 7.21. The average Bonchev–Trinajstić information content (AvgIpc) is 2.52. The predicted molar refractivity (Wildman–Crippen MR) is 84.3 cm³/mol. The molecule has 1 aromatic rings. The smallest absolute Gasteiger partial charge is 0.290 e. The first-order chi connectivity index (χ1) is 10.6. The zero-order valence-electron chi connectivity index (χ0n) is 12.5. The van der Waals surface area contributed by atoms with E-state index in [1.54, 1.807) is 12.2 Å². The van der Waals surface area contributed by atoms with Crippen molar-refractivity contribution in [1.82, 2.24) is 0 Å². The van der Waals surface area contributed by atoms with Gasteiger partial charge < -0.3 is 10.1 Å². The summed E-state index contributed by atoms with van der Waals surface area (Å²) in [5.74, 6) is -0.777. The van der Waals surface area contributed by atoms with Gasteiger partial charge in [0.25, 0.3) is 5.91 Å². The van der Waals surface area contributed by atoms with Gasteiger partial charge in [-0.05, 0) is 37.1 Å². The van der Waals surface area contributed by atoms with E-state index in [0.29, 0.717) is 0 Å². The van der Waals surface area contributed by atoms with Gasteiger partial charge in [-0.25, -0.2) is 0 Å². The standard InChI is InChI=1S/C18H17NO3/c1-11-6-5-8-14(12(11)2)19-18(21)17-10-15(20)13-7-3-4-9-16(13)22-17/h3-10,13,16H,1-2H3,(H,19,21)/t13-,16-/m0/s1. The lowest BCUT2D eigenvalue weighted by Crippen LogP contribution is -2.35. The van der Waals surface area contributed by atoms with Crippen LogP contribution in [-0.2, 0) is 14.3 Å². The number of carbonyl (C=O) groups is 2. The van der Waals surface area contributed by atoms with Gasteiger partial charge in [0.05, 0.1) is 5.92 Å². The van der Waals surface area contributed by atoms with Crippen molar-refractivity contribution in [2.45, 2.75) is 20.0 Å². The Kier molecular flexibility index (Phi) is 3.67. The summed E-state index contributed by atoms with van der Waals surface area (Å²) in [4.78, 5) is 24.4. The molecule has 0 saturated heterocycles. The molecule has 22 heavy (non-hydrogen) atoms. The van der Waals surface area contributed by atoms with E-state index in [1.165, 1.54) is 6.08 Å². The number of amides is 1. The summed E-state index contributed by atoms with van der Waals surface area (Å²) in [7, 11) is 0. The average molecular weight is 295 g/mol. The summed E-state index contributed by atoms with van der Waals surface area (Å²) < 4.78 is 5.66. The number of fused-ring (bicyclic) bond motifs is 1. The topological polar surface area (TPSA) is 55.4 Å². The lowest BCUT2D eigenvalue weighted by molar-refractivity contribution is -0.125. The molecule has 2 aliphatic rings. The van der Waals surface area contributed by atoms with Crippen LogP contribution in [0.3, 0.4) is 0 Å². The maximum Gasteiger partial charge on any atom is 0.290 e. The summed E-state index contributed by atoms with van der Waals surface area (Å²) in [6.07, 6.45) is 8.11. The van der Waals surface area contributed by atoms with Crippen LogP contribution < -0.4 is 5.32 Å². The summed E-state index contributed by atoms with van der Waals surface area (Å²) in [6.45, 7) is 3.92. The van der Waals surface area contributed by atoms with Crippen molar-refractivity contribution in [2.24, 2.45) is 5.92 Å². The van der Waals surface area contributed by atoms with Gasteiger partial charge in [-0.1, -0.05) is 30.4 Å². The van der Waals surface area contributed by atoms with Crippen LogP contribution in [0.4, 0.5) is 5.69 Å². The summed E-state index contributed by atoms with van der Waals surface area (Å²) >= 11 is 0. The molecule has 2 atom stereocenters. The number of benzene rings is 1. The first kappa shape index (κ1) is 14.3. The predicted octanol–water partition coefficient (Wildman–Crippen LogP) is 2.84. The van der Waals surface area contributed by atoms with Crippen molar-refractivity contribution in [3.05, 3.63) is 65.5 Å². The number of rotatable bonds is 2. The molecule has 0 spiro atoms. The van der Waals surface area contributed by atoms with Crippen molar-refractivity contribution in [3.8, 4) is 0 Å². The van der Waals surface area contributed by atoms with E-state index in [-0.39, 0.29) is 17.5 Å². The van der Waals surface area contributed by atoms with Gasteiger partial charge in [0.1, 0.15) is 6.10 Å². The highest BCUT2D eigenvalue weighted by Gasteiger charge is 2.33. The number of allylic oxidation sites excluding steroid dienone is 3. The Morgan fingerprint density at radius 3 is 2.77 bits per heavy atom. The molecule has 0 bridgehead atoms. The molecule has 1 heterocycles. The summed E-state index contributed by atoms with van der Waals surface area (Å²) in [5, 5.41) is 2.81. The number of ether oxygens (including phenoxy) is 1. The van der Waals surface area contributed by atoms with Crippen molar-refractivity contribution in [1.29, 1.82) is 0 Å². The third-order valence-electron chi connectivity index (χ3n) is 4.03. The van der Waals surface area contributed by atoms with Crippen LogP contribution in [-0.4, -0.2) is 17.8 Å². The second-order valence-corrected chi connectivity index (χ2v) is 5.49. The number of hydrogen-bond donors (Lipinski definition) is 1. The van der Waals surface area contributed by atoms with Crippen molar-refractivity contribution in [3.63, 3.8) is 0 Å². The molecule has 0 unspecified atom stereocenters. The molecular weight excluding hydrogens is 278 g/mol. The lowest BCUT2D eigenvalue weighted by atomic mass is 9.91. The second kappa shape index (κ2) is 5.64. The van der Waals surface area contributed by atoms with Crippen molar-refractivity contribution >= 4 is 17.4 Å². The number of ketones is 1. The van der Waals surface area contributed by atoms with E-state index >= 15 is 0 Å². The molecule has 112 valence electrons. The molecule has 1 N–H and O–H groups in total. The molecule has 0 fully saturated rings. The van der Waals surface area contributed by atoms with Gasteiger partial charge >= 0.3 is 0 Å². The maximum absolute atomic E-state index is 12.4. The molecule has 1 aliphatic carbocycles. The Bertz CT molecular complexity index is 728. The number of nitrogens with one attached hydrogen (secondary N) is 1. The minimum atomic E-state index is -0.401. The van der Waals surface area contributed by atoms with E-state index in [9.17, 15) is 9.59 Å². The van der Waals surface area contributed by atoms with Gasteiger partial charge in [0, 0.05) is 11.8 Å². The Labute approximate surface area is 129 Å². The fourth-order valence-electron chi connectivity index (χ4n) is 2.55. The molecule has 1 amide bonds. The van der Waals surface area contributed by atoms with Crippen LogP contribution in [0.25, 0.3) is 0 Å². The molecule has 4 nitrogen and oxygen atoms in total. The largest absolute Gasteiger partial charge is 0.479 e. The highest BCUT2D eigenvalue weighted by Crippen LogP contribution is 2.26. The van der Waals surface area contributed by atoms with E-state index in [1.807, 2.05) is 44.2 Å². The lowest BCUT2D eigenvalue weighted by Gasteiger charge is -2.28. The molecular formula is C18H17NO3. The van der Waals surface area contributed by atoms with Crippen LogP contribution in [0.5, 0.6) is 0 Å². The van der Waals surface area contributed by atoms with Gasteiger partial charge in [-0.3, -0.25) is 9.59 Å². The van der Waals surface area contributed by atoms with E-state index in [4.69, 9.17) is 4.74 Å². The number of hydrogen-bond acceptors (Lipinski definition) is 3. The van der Waals surface area contributed by atoms with Crippen LogP contribution in [0, 0.1) is 19.8 Å². The number of carbonyl (C=O) groups excluding carboxylic acids is 2. The van der Waals surface area contributed by atoms with Crippen LogP contribution >= 0.6 is 0 Å². The zero-order valence-corrected chi connectivity index (χ0v) is 12.5. The fourth-order valence-corrected chi connectivity index (χ4v) is 2.55. The fraction of sp³-hybridized carbons (Fsp3) is 0.222. The van der Waals surface area contributed by atoms with Gasteiger partial charge in [0.15, 0.2) is 11.5 Å². The molecule has 0 radical (unpaired) electrons. The highest BCUT2D eigenvalue weighted by molar-refractivity contribution is 6.08. The van der Waals surface area contributed by atoms with Gasteiger partial charge in [-0.15, -0.1) is 0 Å². The summed E-state index contributed by atoms with van der Waals surface area (Å²) in [6, 6.07) is 5.69. The van der Waals surface area contributed by atoms with Crippen LogP contribution in [0.15, 0.2) is 54.3 Å². The Morgan fingerprint density at radius 1 is 1.18 bits per heavy atom. The molecule has 0 saturated carbocycles. The first-order valence-electron chi connectivity index (χ1n) is 7.21. The molecule has 0 aromatic heterocycles. The third-order valence-corrected chi connectivity index (χ3v) is 4.03. The Morgan fingerprint density at radius 2 is 1.95 bits per heavy atom. The molecule has 4 heteroatoms. The van der Waals surface area contributed by atoms with Crippen molar-refractivity contribution < 1.29 is 14.3 Å². The number of aryl methyl sites for hydroxylation is 1. The second-order valence-electron chi connectivity index (χ2n) is 5.49. The number of anilines is 1. The summed E-state index contributed by atoms with van der Waals surface area (Å²) in [5.41, 5.74) is 2.81. The minimum absolute atomic E-state index is 0.0621. The Balaban J connectivity index is 1.81. The van der Waals surface area contributed by atoms with E-state index < -0.39 is 12.0 Å². The van der Waals surface area contributed by atoms with Crippen LogP contribution in [0.2, 0.25) is 0 Å². The van der Waals surface area contributed by atoms with Crippen LogP contribution in [0.1, 0.15) is 11.1 Å². The van der Waals surface area contributed by atoms with Crippen molar-refractivity contribution in [2.75, 3.05) is 5.32 Å².